The van der Waals surface area contributed by atoms with Gasteiger partial charge in [0.2, 0.25) is 0 Å². The number of hydrogen-bond donors (Lipinski definition) is 0. The van der Waals surface area contributed by atoms with Gasteiger partial charge in [0.1, 0.15) is 0 Å². The standard InChI is InChI=1S/C10H18Br2/c1-2-3-4-5-10(8-12)6-9(10)7-11/h9H,2-8H2,1H3. The summed E-state index contributed by atoms with van der Waals surface area (Å²) < 4.78 is 0. The van der Waals surface area contributed by atoms with E-state index < -0.39 is 0 Å². The minimum absolute atomic E-state index is 0.679. The van der Waals surface area contributed by atoms with Crippen LogP contribution in [0.4, 0.5) is 0 Å². The van der Waals surface area contributed by atoms with E-state index in [2.05, 4.69) is 38.8 Å². The first-order valence-electron chi connectivity index (χ1n) is 4.91. The molecular formula is C10H18Br2. The Bertz CT molecular complexity index is 136. The monoisotopic (exact) mass is 296 g/mol. The Morgan fingerprint density at radius 2 is 2.08 bits per heavy atom. The zero-order chi connectivity index (χ0) is 9.03. The highest BCUT2D eigenvalue weighted by molar-refractivity contribution is 9.09. The van der Waals surface area contributed by atoms with Gasteiger partial charge in [0.05, 0.1) is 0 Å². The first-order valence-corrected chi connectivity index (χ1v) is 7.15. The van der Waals surface area contributed by atoms with Crippen molar-refractivity contribution in [3.8, 4) is 0 Å². The van der Waals surface area contributed by atoms with Crippen molar-refractivity contribution < 1.29 is 0 Å². The van der Waals surface area contributed by atoms with Gasteiger partial charge in [0.15, 0.2) is 0 Å². The van der Waals surface area contributed by atoms with E-state index in [0.29, 0.717) is 5.41 Å². The van der Waals surface area contributed by atoms with E-state index in [1.807, 2.05) is 0 Å². The molecule has 1 saturated carbocycles. The lowest BCUT2D eigenvalue weighted by Crippen LogP contribution is -2.06. The average molecular weight is 298 g/mol. The normalized spacial score (nSPS) is 33.8. The summed E-state index contributed by atoms with van der Waals surface area (Å²) in [5.74, 6) is 0.953. The zero-order valence-corrected chi connectivity index (χ0v) is 11.0. The molecule has 1 aliphatic carbocycles. The van der Waals surface area contributed by atoms with E-state index in [9.17, 15) is 0 Å². The molecule has 72 valence electrons. The molecule has 0 aromatic carbocycles. The van der Waals surface area contributed by atoms with Crippen molar-refractivity contribution in [2.24, 2.45) is 11.3 Å². The Labute approximate surface area is 92.8 Å². The van der Waals surface area contributed by atoms with Gasteiger partial charge in [-0.1, -0.05) is 58.0 Å². The summed E-state index contributed by atoms with van der Waals surface area (Å²) in [6, 6.07) is 0. The first-order chi connectivity index (χ1) is 5.79. The summed E-state index contributed by atoms with van der Waals surface area (Å²) >= 11 is 7.23. The number of hydrogen-bond acceptors (Lipinski definition) is 0. The van der Waals surface area contributed by atoms with Crippen LogP contribution in [-0.4, -0.2) is 10.7 Å². The quantitative estimate of drug-likeness (QED) is 0.505. The second-order valence-corrected chi connectivity index (χ2v) is 5.22. The van der Waals surface area contributed by atoms with Crippen molar-refractivity contribution in [1.82, 2.24) is 0 Å². The van der Waals surface area contributed by atoms with Gasteiger partial charge in [0.25, 0.3) is 0 Å². The summed E-state index contributed by atoms with van der Waals surface area (Å²) in [7, 11) is 0. The third kappa shape index (κ3) is 2.47. The van der Waals surface area contributed by atoms with E-state index in [1.54, 1.807) is 0 Å². The molecule has 0 amide bonds. The third-order valence-corrected chi connectivity index (χ3v) is 4.99. The zero-order valence-electron chi connectivity index (χ0n) is 7.78. The van der Waals surface area contributed by atoms with Crippen LogP contribution in [0.1, 0.15) is 39.0 Å². The SMILES string of the molecule is CCCCCC1(CBr)CC1CBr. The summed E-state index contributed by atoms with van der Waals surface area (Å²) in [5.41, 5.74) is 0.679. The van der Waals surface area contributed by atoms with Crippen molar-refractivity contribution in [2.45, 2.75) is 39.0 Å². The molecule has 0 N–H and O–H groups in total. The average Bonchev–Trinajstić information content (AvgIpc) is 2.80. The highest BCUT2D eigenvalue weighted by Crippen LogP contribution is 2.57. The summed E-state index contributed by atoms with van der Waals surface area (Å²) in [6.07, 6.45) is 7.04. The lowest BCUT2D eigenvalue weighted by Gasteiger charge is -2.12. The van der Waals surface area contributed by atoms with Gasteiger partial charge >= 0.3 is 0 Å². The largest absolute Gasteiger partial charge is 0.0925 e. The van der Waals surface area contributed by atoms with Crippen LogP contribution < -0.4 is 0 Å². The number of unbranched alkanes of at least 4 members (excludes halogenated alkanes) is 2. The van der Waals surface area contributed by atoms with Gasteiger partial charge < -0.3 is 0 Å². The Morgan fingerprint density at radius 3 is 2.50 bits per heavy atom. The molecule has 0 saturated heterocycles. The molecule has 2 heteroatoms. The van der Waals surface area contributed by atoms with Crippen LogP contribution in [0.2, 0.25) is 0 Å². The van der Waals surface area contributed by atoms with Gasteiger partial charge in [0, 0.05) is 10.7 Å². The number of halogens is 2. The molecule has 2 unspecified atom stereocenters. The molecule has 0 bridgehead atoms. The van der Waals surface area contributed by atoms with Crippen LogP contribution in [-0.2, 0) is 0 Å². The van der Waals surface area contributed by atoms with Crippen LogP contribution in [0, 0.1) is 11.3 Å². The molecule has 0 nitrogen and oxygen atoms in total. The van der Waals surface area contributed by atoms with Crippen molar-refractivity contribution >= 4 is 31.9 Å². The molecule has 0 radical (unpaired) electrons. The van der Waals surface area contributed by atoms with Crippen molar-refractivity contribution in [1.29, 1.82) is 0 Å². The Balaban J connectivity index is 2.19. The Hall–Kier alpha value is 0.960. The predicted molar refractivity (Wildman–Crippen MR) is 62.3 cm³/mol. The summed E-state index contributed by atoms with van der Waals surface area (Å²) in [6.45, 7) is 2.27. The van der Waals surface area contributed by atoms with Gasteiger partial charge in [-0.15, -0.1) is 0 Å². The molecule has 0 aromatic rings. The maximum atomic E-state index is 3.65. The number of rotatable bonds is 6. The van der Waals surface area contributed by atoms with Crippen molar-refractivity contribution in [2.75, 3.05) is 10.7 Å². The molecule has 0 aromatic heterocycles. The van der Waals surface area contributed by atoms with Crippen LogP contribution >= 0.6 is 31.9 Å². The third-order valence-electron chi connectivity index (χ3n) is 3.09. The molecule has 0 aliphatic heterocycles. The number of alkyl halides is 2. The van der Waals surface area contributed by atoms with Crippen molar-refractivity contribution in [3.05, 3.63) is 0 Å². The topological polar surface area (TPSA) is 0 Å². The Morgan fingerprint density at radius 1 is 1.33 bits per heavy atom. The molecule has 0 spiro atoms. The molecule has 12 heavy (non-hydrogen) atoms. The fraction of sp³-hybridized carbons (Fsp3) is 1.00. The molecule has 2 atom stereocenters. The van der Waals surface area contributed by atoms with Gasteiger partial charge in [-0.25, -0.2) is 0 Å². The fourth-order valence-corrected chi connectivity index (χ4v) is 3.80. The van der Waals surface area contributed by atoms with Crippen LogP contribution in [0.25, 0.3) is 0 Å². The van der Waals surface area contributed by atoms with Gasteiger partial charge in [-0.2, -0.15) is 0 Å². The highest BCUT2D eigenvalue weighted by Gasteiger charge is 2.51. The second kappa shape index (κ2) is 4.99. The molecular weight excluding hydrogens is 280 g/mol. The summed E-state index contributed by atoms with van der Waals surface area (Å²) in [4.78, 5) is 0. The van der Waals surface area contributed by atoms with Crippen molar-refractivity contribution in [3.63, 3.8) is 0 Å². The van der Waals surface area contributed by atoms with Crippen LogP contribution in [0.3, 0.4) is 0 Å². The molecule has 1 rings (SSSR count). The van der Waals surface area contributed by atoms with Gasteiger partial charge in [-0.3, -0.25) is 0 Å². The van der Waals surface area contributed by atoms with E-state index in [4.69, 9.17) is 0 Å². The summed E-state index contributed by atoms with van der Waals surface area (Å²) in [5, 5.41) is 2.41. The highest BCUT2D eigenvalue weighted by atomic mass is 79.9. The maximum Gasteiger partial charge on any atom is 0.00910 e. The molecule has 1 fully saturated rings. The minimum Gasteiger partial charge on any atom is -0.0925 e. The van der Waals surface area contributed by atoms with E-state index in [0.717, 1.165) is 5.92 Å². The van der Waals surface area contributed by atoms with E-state index in [-0.39, 0.29) is 0 Å². The minimum atomic E-state index is 0.679. The lowest BCUT2D eigenvalue weighted by atomic mass is 9.98. The van der Waals surface area contributed by atoms with Crippen LogP contribution in [0.15, 0.2) is 0 Å². The fourth-order valence-electron chi connectivity index (χ4n) is 1.91. The maximum absolute atomic E-state index is 3.65. The smallest absolute Gasteiger partial charge is 0.00910 e. The van der Waals surface area contributed by atoms with Gasteiger partial charge in [-0.05, 0) is 24.2 Å². The Kier molecular flexibility index (Phi) is 4.59. The first kappa shape index (κ1) is 11.0. The van der Waals surface area contributed by atoms with E-state index >= 15 is 0 Å². The molecule has 1 aliphatic rings. The lowest BCUT2D eigenvalue weighted by molar-refractivity contribution is 0.459. The molecule has 0 heterocycles. The van der Waals surface area contributed by atoms with Crippen LogP contribution in [0.5, 0.6) is 0 Å². The second-order valence-electron chi connectivity index (χ2n) is 4.01. The van der Waals surface area contributed by atoms with E-state index in [1.165, 1.54) is 42.8 Å². The predicted octanol–water partition coefficient (Wildman–Crippen LogP) is 4.36.